The fourth-order valence-corrected chi connectivity index (χ4v) is 3.22. The van der Waals surface area contributed by atoms with Gasteiger partial charge in [-0.15, -0.1) is 11.3 Å². The monoisotopic (exact) mass is 365 g/mol. The first-order valence-corrected chi connectivity index (χ1v) is 9.09. The third-order valence-corrected chi connectivity index (χ3v) is 5.04. The number of anilines is 2. The lowest BCUT2D eigenvalue weighted by atomic mass is 10.1. The third kappa shape index (κ3) is 3.97. The summed E-state index contributed by atoms with van der Waals surface area (Å²) in [6.07, 6.45) is 2.38. The molecular weight excluding hydrogens is 346 g/mol. The van der Waals surface area contributed by atoms with Gasteiger partial charge in [0.1, 0.15) is 4.88 Å². The number of aryl methyl sites for hydroxylation is 1. The van der Waals surface area contributed by atoms with Crippen molar-refractivity contribution in [1.82, 2.24) is 4.98 Å². The van der Waals surface area contributed by atoms with Crippen LogP contribution < -0.4 is 10.2 Å². The Morgan fingerprint density at radius 2 is 1.88 bits per heavy atom. The third-order valence-electron chi connectivity index (χ3n) is 3.90. The number of amides is 2. The van der Waals surface area contributed by atoms with Crippen molar-refractivity contribution in [3.63, 3.8) is 0 Å². The summed E-state index contributed by atoms with van der Waals surface area (Å²) in [7, 11) is 1.73. The number of carbonyl (C=O) groups excluding carboxylic acids is 2. The first-order chi connectivity index (χ1) is 12.6. The Balaban J connectivity index is 1.75. The summed E-state index contributed by atoms with van der Waals surface area (Å²) in [6, 6.07) is 16.4. The Kier molecular flexibility index (Phi) is 5.43. The molecule has 3 rings (SSSR count). The fourth-order valence-electron chi connectivity index (χ4n) is 2.46. The second-order valence-corrected chi connectivity index (χ2v) is 6.82. The predicted octanol–water partition coefficient (Wildman–Crippen LogP) is 4.23. The average Bonchev–Trinajstić information content (AvgIpc) is 3.17. The van der Waals surface area contributed by atoms with E-state index in [1.807, 2.05) is 37.3 Å². The SMILES string of the molecule is CCc1ncc(C(=O)Nc2cccc(C(=O)N(C)c3ccccc3)c2)s1. The molecule has 0 fully saturated rings. The van der Waals surface area contributed by atoms with Gasteiger partial charge in [-0.1, -0.05) is 31.2 Å². The smallest absolute Gasteiger partial charge is 0.267 e. The molecule has 0 aliphatic rings. The van der Waals surface area contributed by atoms with Gasteiger partial charge in [-0.05, 0) is 36.8 Å². The van der Waals surface area contributed by atoms with Gasteiger partial charge < -0.3 is 10.2 Å². The van der Waals surface area contributed by atoms with Gasteiger partial charge in [-0.25, -0.2) is 4.98 Å². The number of nitrogens with one attached hydrogen (secondary N) is 1. The lowest BCUT2D eigenvalue weighted by Gasteiger charge is -2.17. The number of hydrogen-bond donors (Lipinski definition) is 1. The molecule has 1 aromatic heterocycles. The van der Waals surface area contributed by atoms with E-state index in [9.17, 15) is 9.59 Å². The molecule has 0 bridgehead atoms. The zero-order chi connectivity index (χ0) is 18.5. The number of carbonyl (C=O) groups is 2. The summed E-state index contributed by atoms with van der Waals surface area (Å²) in [5, 5.41) is 3.75. The van der Waals surface area contributed by atoms with E-state index in [4.69, 9.17) is 0 Å². The summed E-state index contributed by atoms with van der Waals surface area (Å²) in [4.78, 5) is 31.4. The standard InChI is InChI=1S/C20H19N3O2S/c1-3-18-21-13-17(26-18)19(24)22-15-9-7-8-14(12-15)20(25)23(2)16-10-5-4-6-11-16/h4-13H,3H2,1-2H3,(H,22,24). The molecule has 0 atom stereocenters. The maximum Gasteiger partial charge on any atom is 0.267 e. The lowest BCUT2D eigenvalue weighted by Crippen LogP contribution is -2.26. The number of thiazole rings is 1. The molecule has 0 radical (unpaired) electrons. The minimum atomic E-state index is -0.219. The van der Waals surface area contributed by atoms with Gasteiger partial charge in [-0.3, -0.25) is 9.59 Å². The summed E-state index contributed by atoms with van der Waals surface area (Å²) in [5.41, 5.74) is 1.89. The fraction of sp³-hybridized carbons (Fsp3) is 0.150. The van der Waals surface area contributed by atoms with Crippen molar-refractivity contribution in [2.24, 2.45) is 0 Å². The van der Waals surface area contributed by atoms with Crippen LogP contribution in [-0.2, 0) is 6.42 Å². The molecule has 0 saturated heterocycles. The van der Waals surface area contributed by atoms with Crippen LogP contribution in [-0.4, -0.2) is 23.8 Å². The van der Waals surface area contributed by atoms with Crippen LogP contribution in [0.15, 0.2) is 60.8 Å². The second kappa shape index (κ2) is 7.93. The van der Waals surface area contributed by atoms with Gasteiger partial charge in [0.15, 0.2) is 0 Å². The Morgan fingerprint density at radius 1 is 1.12 bits per heavy atom. The van der Waals surface area contributed by atoms with E-state index in [-0.39, 0.29) is 11.8 Å². The number of benzene rings is 2. The van der Waals surface area contributed by atoms with Crippen LogP contribution in [0.25, 0.3) is 0 Å². The van der Waals surface area contributed by atoms with Gasteiger partial charge in [0.05, 0.1) is 11.2 Å². The van der Waals surface area contributed by atoms with Gasteiger partial charge in [0.25, 0.3) is 11.8 Å². The number of aromatic nitrogens is 1. The first-order valence-electron chi connectivity index (χ1n) is 8.27. The molecular formula is C20H19N3O2S. The van der Waals surface area contributed by atoms with Crippen LogP contribution in [0.4, 0.5) is 11.4 Å². The summed E-state index contributed by atoms with van der Waals surface area (Å²) >= 11 is 1.37. The van der Waals surface area contributed by atoms with Crippen LogP contribution in [0, 0.1) is 0 Å². The minimum absolute atomic E-state index is 0.140. The minimum Gasteiger partial charge on any atom is -0.321 e. The maximum absolute atomic E-state index is 12.7. The first kappa shape index (κ1) is 17.8. The number of para-hydroxylation sites is 1. The molecule has 1 heterocycles. The molecule has 1 N–H and O–H groups in total. The van der Waals surface area contributed by atoms with Crippen molar-refractivity contribution in [1.29, 1.82) is 0 Å². The molecule has 26 heavy (non-hydrogen) atoms. The Bertz CT molecular complexity index is 922. The van der Waals surface area contributed by atoms with E-state index in [0.29, 0.717) is 16.1 Å². The Labute approximate surface area is 156 Å². The van der Waals surface area contributed by atoms with Crippen LogP contribution in [0.3, 0.4) is 0 Å². The predicted molar refractivity (Wildman–Crippen MR) is 105 cm³/mol. The van der Waals surface area contributed by atoms with Crippen LogP contribution in [0.1, 0.15) is 32.0 Å². The molecule has 6 heteroatoms. The average molecular weight is 365 g/mol. The highest BCUT2D eigenvalue weighted by Gasteiger charge is 2.15. The van der Waals surface area contributed by atoms with E-state index in [0.717, 1.165) is 17.1 Å². The van der Waals surface area contributed by atoms with Crippen molar-refractivity contribution >= 4 is 34.5 Å². The quantitative estimate of drug-likeness (QED) is 0.736. The summed E-state index contributed by atoms with van der Waals surface area (Å²) in [6.45, 7) is 2.00. The van der Waals surface area contributed by atoms with Gasteiger partial charge >= 0.3 is 0 Å². The topological polar surface area (TPSA) is 62.3 Å². The van der Waals surface area contributed by atoms with Gasteiger partial charge in [-0.2, -0.15) is 0 Å². The van der Waals surface area contributed by atoms with E-state index in [2.05, 4.69) is 10.3 Å². The van der Waals surface area contributed by atoms with E-state index in [1.54, 1.807) is 42.4 Å². The zero-order valence-corrected chi connectivity index (χ0v) is 15.4. The van der Waals surface area contributed by atoms with Gasteiger partial charge in [0.2, 0.25) is 0 Å². The normalized spacial score (nSPS) is 10.4. The Hall–Kier alpha value is -2.99. The van der Waals surface area contributed by atoms with Crippen LogP contribution in [0.5, 0.6) is 0 Å². The molecule has 0 aliphatic heterocycles. The maximum atomic E-state index is 12.7. The summed E-state index contributed by atoms with van der Waals surface area (Å²) in [5.74, 6) is -0.360. The van der Waals surface area contributed by atoms with E-state index < -0.39 is 0 Å². The molecule has 0 unspecified atom stereocenters. The molecule has 0 spiro atoms. The highest BCUT2D eigenvalue weighted by Crippen LogP contribution is 2.19. The molecule has 0 saturated carbocycles. The Morgan fingerprint density at radius 3 is 2.58 bits per heavy atom. The lowest BCUT2D eigenvalue weighted by molar-refractivity contribution is 0.0990. The van der Waals surface area contributed by atoms with Crippen molar-refractivity contribution in [2.45, 2.75) is 13.3 Å². The highest BCUT2D eigenvalue weighted by atomic mass is 32.1. The van der Waals surface area contributed by atoms with E-state index in [1.165, 1.54) is 11.3 Å². The summed E-state index contributed by atoms with van der Waals surface area (Å²) < 4.78 is 0. The second-order valence-electron chi connectivity index (χ2n) is 5.71. The number of nitrogens with zero attached hydrogens (tertiary/aromatic N) is 2. The van der Waals surface area contributed by atoms with Crippen molar-refractivity contribution in [3.05, 3.63) is 76.2 Å². The molecule has 3 aromatic rings. The van der Waals surface area contributed by atoms with Crippen LogP contribution in [0.2, 0.25) is 0 Å². The van der Waals surface area contributed by atoms with Gasteiger partial charge in [0, 0.05) is 24.0 Å². The molecule has 0 aliphatic carbocycles. The van der Waals surface area contributed by atoms with Crippen molar-refractivity contribution < 1.29 is 9.59 Å². The number of hydrogen-bond acceptors (Lipinski definition) is 4. The molecule has 132 valence electrons. The van der Waals surface area contributed by atoms with Crippen molar-refractivity contribution in [2.75, 3.05) is 17.3 Å². The van der Waals surface area contributed by atoms with Crippen LogP contribution >= 0.6 is 11.3 Å². The molecule has 2 aromatic carbocycles. The highest BCUT2D eigenvalue weighted by molar-refractivity contribution is 7.13. The molecule has 5 nitrogen and oxygen atoms in total. The van der Waals surface area contributed by atoms with Crippen molar-refractivity contribution in [3.8, 4) is 0 Å². The van der Waals surface area contributed by atoms with E-state index >= 15 is 0 Å². The zero-order valence-electron chi connectivity index (χ0n) is 14.6. The number of rotatable bonds is 5. The molecule has 2 amide bonds. The largest absolute Gasteiger partial charge is 0.321 e.